The van der Waals surface area contributed by atoms with Gasteiger partial charge in [0.15, 0.2) is 0 Å². The zero-order valence-electron chi connectivity index (χ0n) is 10.4. The molecule has 0 aliphatic rings. The van der Waals surface area contributed by atoms with Crippen LogP contribution in [0.1, 0.15) is 18.3 Å². The second-order valence-corrected chi connectivity index (χ2v) is 4.26. The molecule has 4 nitrogen and oxygen atoms in total. The first-order valence-corrected chi connectivity index (χ1v) is 6.04. The Morgan fingerprint density at radius 1 is 1.33 bits per heavy atom. The van der Waals surface area contributed by atoms with Crippen LogP contribution in [0.2, 0.25) is 0 Å². The molecule has 0 bridgehead atoms. The van der Waals surface area contributed by atoms with E-state index in [9.17, 15) is 0 Å². The van der Waals surface area contributed by atoms with E-state index < -0.39 is 0 Å². The van der Waals surface area contributed by atoms with Crippen molar-refractivity contribution < 1.29 is 0 Å². The summed E-state index contributed by atoms with van der Waals surface area (Å²) < 4.78 is 0. The lowest BCUT2D eigenvalue weighted by molar-refractivity contribution is 1.03. The first kappa shape index (κ1) is 10.9. The summed E-state index contributed by atoms with van der Waals surface area (Å²) in [6.45, 7) is 4.13. The number of nitrogens with zero attached hydrogens (tertiary/aromatic N) is 3. The number of pyridine rings is 2. The van der Waals surface area contributed by atoms with Gasteiger partial charge in [0.1, 0.15) is 5.52 Å². The number of nitrogens with one attached hydrogen (secondary N) is 1. The molecule has 3 rings (SSSR count). The molecular weight excluding hydrogens is 224 g/mol. The van der Waals surface area contributed by atoms with Crippen molar-refractivity contribution in [1.29, 1.82) is 0 Å². The minimum absolute atomic E-state index is 0.907. The van der Waals surface area contributed by atoms with Gasteiger partial charge in [0, 0.05) is 40.8 Å². The summed E-state index contributed by atoms with van der Waals surface area (Å²) in [6, 6.07) is 3.97. The molecule has 4 heteroatoms. The molecule has 0 radical (unpaired) electrons. The van der Waals surface area contributed by atoms with Crippen molar-refractivity contribution in [3.63, 3.8) is 0 Å². The van der Waals surface area contributed by atoms with Gasteiger partial charge in [-0.05, 0) is 19.4 Å². The van der Waals surface area contributed by atoms with E-state index in [4.69, 9.17) is 0 Å². The molecule has 0 spiro atoms. The average molecular weight is 238 g/mol. The molecule has 1 N–H and O–H groups in total. The maximum Gasteiger partial charge on any atom is 0.104 e. The summed E-state index contributed by atoms with van der Waals surface area (Å²) in [6.07, 6.45) is 6.45. The van der Waals surface area contributed by atoms with E-state index in [0.717, 1.165) is 39.8 Å². The fraction of sp³-hybridized carbons (Fsp3) is 0.214. The highest BCUT2D eigenvalue weighted by Crippen LogP contribution is 2.30. The molecule has 18 heavy (non-hydrogen) atoms. The molecule has 0 fully saturated rings. The Hall–Kier alpha value is -2.23. The summed E-state index contributed by atoms with van der Waals surface area (Å²) in [7, 11) is 0. The predicted octanol–water partition coefficient (Wildman–Crippen LogP) is 2.89. The first-order chi connectivity index (χ1) is 8.81. The van der Waals surface area contributed by atoms with E-state index in [1.165, 1.54) is 0 Å². The third-order valence-electron chi connectivity index (χ3n) is 3.14. The average Bonchev–Trinajstić information content (AvgIpc) is 2.87. The molecule has 0 saturated carbocycles. The summed E-state index contributed by atoms with van der Waals surface area (Å²) in [4.78, 5) is 8.85. The number of hydrogen-bond donors (Lipinski definition) is 1. The van der Waals surface area contributed by atoms with Gasteiger partial charge in [-0.2, -0.15) is 5.10 Å². The van der Waals surface area contributed by atoms with Crippen LogP contribution in [-0.2, 0) is 6.42 Å². The fourth-order valence-electron chi connectivity index (χ4n) is 2.32. The minimum atomic E-state index is 0.907. The van der Waals surface area contributed by atoms with Gasteiger partial charge < -0.3 is 0 Å². The Morgan fingerprint density at radius 3 is 2.94 bits per heavy atom. The van der Waals surface area contributed by atoms with Crippen LogP contribution in [0, 0.1) is 6.92 Å². The number of rotatable bonds is 2. The number of fused-ring (bicyclic) bond motifs is 1. The monoisotopic (exact) mass is 238 g/mol. The Labute approximate surface area is 105 Å². The highest BCUT2D eigenvalue weighted by atomic mass is 15.1. The quantitative estimate of drug-likeness (QED) is 0.746. The smallest absolute Gasteiger partial charge is 0.104 e. The topological polar surface area (TPSA) is 54.5 Å². The van der Waals surface area contributed by atoms with Crippen LogP contribution in [0.4, 0.5) is 0 Å². The van der Waals surface area contributed by atoms with Crippen molar-refractivity contribution >= 4 is 10.9 Å². The van der Waals surface area contributed by atoms with Gasteiger partial charge in [-0.1, -0.05) is 13.0 Å². The Morgan fingerprint density at radius 2 is 2.22 bits per heavy atom. The van der Waals surface area contributed by atoms with Crippen LogP contribution < -0.4 is 0 Å². The second-order valence-electron chi connectivity index (χ2n) is 4.26. The maximum absolute atomic E-state index is 4.68. The van der Waals surface area contributed by atoms with Crippen molar-refractivity contribution in [2.75, 3.05) is 0 Å². The van der Waals surface area contributed by atoms with Gasteiger partial charge in [0.2, 0.25) is 0 Å². The van der Waals surface area contributed by atoms with E-state index in [2.05, 4.69) is 27.1 Å². The Bertz CT molecular complexity index is 686. The molecule has 0 saturated heterocycles. The Kier molecular flexibility index (Phi) is 2.55. The molecule has 0 aliphatic heterocycles. The molecule has 3 heterocycles. The highest BCUT2D eigenvalue weighted by molar-refractivity contribution is 5.95. The van der Waals surface area contributed by atoms with E-state index in [1.54, 1.807) is 6.20 Å². The van der Waals surface area contributed by atoms with Crippen LogP contribution in [0.3, 0.4) is 0 Å². The van der Waals surface area contributed by atoms with Gasteiger partial charge in [-0.3, -0.25) is 15.1 Å². The molecule has 0 aromatic carbocycles. The van der Waals surface area contributed by atoms with Gasteiger partial charge in [0.25, 0.3) is 0 Å². The zero-order chi connectivity index (χ0) is 12.5. The van der Waals surface area contributed by atoms with Gasteiger partial charge in [0.05, 0.1) is 5.69 Å². The van der Waals surface area contributed by atoms with Crippen LogP contribution in [-0.4, -0.2) is 20.2 Å². The maximum atomic E-state index is 4.68. The number of aryl methyl sites for hydroxylation is 2. The lowest BCUT2D eigenvalue weighted by atomic mass is 10.0. The summed E-state index contributed by atoms with van der Waals surface area (Å²) in [5, 5.41) is 8.41. The van der Waals surface area contributed by atoms with Crippen molar-refractivity contribution in [2.45, 2.75) is 20.3 Å². The van der Waals surface area contributed by atoms with Gasteiger partial charge in [-0.15, -0.1) is 0 Å². The van der Waals surface area contributed by atoms with E-state index in [1.807, 2.05) is 31.5 Å². The predicted molar refractivity (Wildman–Crippen MR) is 71.2 cm³/mol. The molecule has 90 valence electrons. The molecule has 0 aliphatic carbocycles. The molecule has 0 amide bonds. The summed E-state index contributed by atoms with van der Waals surface area (Å²) >= 11 is 0. The standard InChI is InChI=1S/C14H14N4/c1-3-12-11-8-16-18-14(11)13(9(2)17-12)10-5-4-6-15-7-10/h4-8H,3H2,1-2H3,(H,16,18). The lowest BCUT2D eigenvalue weighted by Crippen LogP contribution is -1.96. The Balaban J connectivity index is 2.36. The van der Waals surface area contributed by atoms with Crippen molar-refractivity contribution in [1.82, 2.24) is 20.2 Å². The summed E-state index contributed by atoms with van der Waals surface area (Å²) in [5.74, 6) is 0. The van der Waals surface area contributed by atoms with Crippen LogP contribution in [0.5, 0.6) is 0 Å². The second kappa shape index (κ2) is 4.22. The summed E-state index contributed by atoms with van der Waals surface area (Å²) in [5.41, 5.74) is 5.19. The lowest BCUT2D eigenvalue weighted by Gasteiger charge is -2.08. The highest BCUT2D eigenvalue weighted by Gasteiger charge is 2.14. The molecule has 0 unspecified atom stereocenters. The number of aromatic nitrogens is 4. The van der Waals surface area contributed by atoms with E-state index >= 15 is 0 Å². The molecule has 3 aromatic heterocycles. The SMILES string of the molecule is CCc1nc(C)c(-c2cccnc2)c2n[nH]cc12. The number of hydrogen-bond acceptors (Lipinski definition) is 3. The van der Waals surface area contributed by atoms with E-state index in [0.29, 0.717) is 0 Å². The van der Waals surface area contributed by atoms with Gasteiger partial charge >= 0.3 is 0 Å². The first-order valence-electron chi connectivity index (χ1n) is 6.04. The molecule has 0 atom stereocenters. The zero-order valence-corrected chi connectivity index (χ0v) is 10.4. The fourth-order valence-corrected chi connectivity index (χ4v) is 2.32. The normalized spacial score (nSPS) is 11.0. The van der Waals surface area contributed by atoms with Crippen molar-refractivity contribution in [3.05, 3.63) is 42.1 Å². The van der Waals surface area contributed by atoms with Crippen LogP contribution in [0.25, 0.3) is 22.0 Å². The third-order valence-corrected chi connectivity index (χ3v) is 3.14. The van der Waals surface area contributed by atoms with Crippen LogP contribution >= 0.6 is 0 Å². The molecular formula is C14H14N4. The third kappa shape index (κ3) is 1.57. The van der Waals surface area contributed by atoms with Crippen LogP contribution in [0.15, 0.2) is 30.7 Å². The van der Waals surface area contributed by atoms with Crippen molar-refractivity contribution in [2.24, 2.45) is 0 Å². The van der Waals surface area contributed by atoms with E-state index in [-0.39, 0.29) is 0 Å². The molecule has 3 aromatic rings. The largest absolute Gasteiger partial charge is 0.284 e. The number of aromatic amines is 1. The van der Waals surface area contributed by atoms with Gasteiger partial charge in [-0.25, -0.2) is 0 Å². The minimum Gasteiger partial charge on any atom is -0.284 e. The van der Waals surface area contributed by atoms with Crippen molar-refractivity contribution in [3.8, 4) is 11.1 Å². The number of H-pyrrole nitrogens is 1.